The van der Waals surface area contributed by atoms with E-state index in [1.165, 1.54) is 6.07 Å². The highest BCUT2D eigenvalue weighted by molar-refractivity contribution is 7.71. The number of oxime groups is 1. The molecule has 0 unspecified atom stereocenters. The number of nitrogens with zero attached hydrogens (tertiary/aromatic N) is 4. The first kappa shape index (κ1) is 18.3. The number of benzene rings is 1. The van der Waals surface area contributed by atoms with Gasteiger partial charge in [-0.25, -0.2) is 9.78 Å². The van der Waals surface area contributed by atoms with E-state index in [1.807, 2.05) is 30.3 Å². The van der Waals surface area contributed by atoms with E-state index in [2.05, 4.69) is 20.6 Å². The summed E-state index contributed by atoms with van der Waals surface area (Å²) < 4.78 is 6.61. The maximum atomic E-state index is 10.7. The van der Waals surface area contributed by atoms with Gasteiger partial charge >= 0.3 is 6.09 Å². The summed E-state index contributed by atoms with van der Waals surface area (Å²) in [7, 11) is 1.72. The molecule has 2 heterocycles. The van der Waals surface area contributed by atoms with Crippen LogP contribution in [0.4, 0.5) is 10.6 Å². The SMILES string of the molecule is Cn1c(C(=NOCc2cccc(NC(=O)O)n2)c2ccccc2)noc1=S. The van der Waals surface area contributed by atoms with Gasteiger partial charge < -0.3 is 14.5 Å². The van der Waals surface area contributed by atoms with Crippen molar-refractivity contribution in [2.45, 2.75) is 6.61 Å². The molecule has 3 rings (SSSR count). The van der Waals surface area contributed by atoms with Crippen LogP contribution >= 0.6 is 12.2 Å². The van der Waals surface area contributed by atoms with E-state index in [0.717, 1.165) is 5.56 Å². The first-order valence-corrected chi connectivity index (χ1v) is 8.20. The molecule has 3 aromatic rings. The van der Waals surface area contributed by atoms with Crippen molar-refractivity contribution in [2.24, 2.45) is 12.2 Å². The molecule has 9 nitrogen and oxygen atoms in total. The first-order chi connectivity index (χ1) is 13.0. The van der Waals surface area contributed by atoms with Crippen molar-refractivity contribution in [2.75, 3.05) is 5.32 Å². The van der Waals surface area contributed by atoms with E-state index in [0.29, 0.717) is 17.2 Å². The van der Waals surface area contributed by atoms with Gasteiger partial charge in [0, 0.05) is 12.6 Å². The van der Waals surface area contributed by atoms with Crippen LogP contribution in [0.5, 0.6) is 0 Å². The molecular formula is C17H15N5O4S. The van der Waals surface area contributed by atoms with E-state index in [-0.39, 0.29) is 17.3 Å². The fraction of sp³-hybridized carbons (Fsp3) is 0.118. The van der Waals surface area contributed by atoms with E-state index >= 15 is 0 Å². The van der Waals surface area contributed by atoms with Gasteiger partial charge in [0.05, 0.1) is 5.69 Å². The number of anilines is 1. The fourth-order valence-electron chi connectivity index (χ4n) is 2.21. The smallest absolute Gasteiger partial charge is 0.410 e. The van der Waals surface area contributed by atoms with Crippen molar-refractivity contribution in [3.63, 3.8) is 0 Å². The zero-order valence-corrected chi connectivity index (χ0v) is 15.0. The van der Waals surface area contributed by atoms with Crippen LogP contribution in [0.2, 0.25) is 0 Å². The molecule has 0 bridgehead atoms. The summed E-state index contributed by atoms with van der Waals surface area (Å²) in [4.78, 5) is 20.5. The monoisotopic (exact) mass is 385 g/mol. The predicted octanol–water partition coefficient (Wildman–Crippen LogP) is 3.20. The van der Waals surface area contributed by atoms with Gasteiger partial charge in [-0.15, -0.1) is 0 Å². The molecule has 1 amide bonds. The van der Waals surface area contributed by atoms with E-state index < -0.39 is 6.09 Å². The van der Waals surface area contributed by atoms with Crippen molar-refractivity contribution in [1.29, 1.82) is 0 Å². The Labute approximate surface area is 158 Å². The van der Waals surface area contributed by atoms with Crippen LogP contribution in [0.1, 0.15) is 17.1 Å². The number of carboxylic acid groups (broad SMARTS) is 1. The fourth-order valence-corrected chi connectivity index (χ4v) is 2.34. The second-order valence-corrected chi connectivity index (χ2v) is 5.70. The minimum absolute atomic E-state index is 0.0355. The molecular weight excluding hydrogens is 370 g/mol. The predicted molar refractivity (Wildman–Crippen MR) is 99.1 cm³/mol. The van der Waals surface area contributed by atoms with Gasteiger partial charge in [0.25, 0.3) is 4.84 Å². The molecule has 0 aliphatic heterocycles. The minimum Gasteiger partial charge on any atom is -0.465 e. The third-order valence-corrected chi connectivity index (χ3v) is 3.82. The first-order valence-electron chi connectivity index (χ1n) is 7.79. The third kappa shape index (κ3) is 4.55. The molecule has 2 N–H and O–H groups in total. The lowest BCUT2D eigenvalue weighted by Gasteiger charge is -2.06. The second kappa shape index (κ2) is 8.23. The lowest BCUT2D eigenvalue weighted by atomic mass is 10.1. The van der Waals surface area contributed by atoms with Crippen LogP contribution in [0.25, 0.3) is 0 Å². The number of rotatable bonds is 6. The number of hydrogen-bond donors (Lipinski definition) is 2. The number of nitrogens with one attached hydrogen (secondary N) is 1. The molecule has 0 spiro atoms. The number of aromatic nitrogens is 3. The lowest BCUT2D eigenvalue weighted by Crippen LogP contribution is -2.12. The Kier molecular flexibility index (Phi) is 5.57. The van der Waals surface area contributed by atoms with Crippen LogP contribution in [0, 0.1) is 4.84 Å². The summed E-state index contributed by atoms with van der Waals surface area (Å²) in [6.07, 6.45) is -1.19. The van der Waals surface area contributed by atoms with Crippen molar-refractivity contribution in [3.8, 4) is 0 Å². The highest BCUT2D eigenvalue weighted by atomic mass is 32.1. The summed E-state index contributed by atoms with van der Waals surface area (Å²) in [6, 6.07) is 14.2. The summed E-state index contributed by atoms with van der Waals surface area (Å²) >= 11 is 5.05. The molecule has 27 heavy (non-hydrogen) atoms. The van der Waals surface area contributed by atoms with Crippen LogP contribution in [-0.2, 0) is 18.5 Å². The summed E-state index contributed by atoms with van der Waals surface area (Å²) in [5.74, 6) is 0.620. The second-order valence-electron chi connectivity index (χ2n) is 5.35. The summed E-state index contributed by atoms with van der Waals surface area (Å²) in [5.41, 5.74) is 1.72. The van der Waals surface area contributed by atoms with E-state index in [1.54, 1.807) is 23.7 Å². The Morgan fingerprint density at radius 2 is 2.07 bits per heavy atom. The van der Waals surface area contributed by atoms with Gasteiger partial charge in [-0.05, 0) is 24.4 Å². The Balaban J connectivity index is 1.84. The molecule has 0 saturated heterocycles. The third-order valence-electron chi connectivity index (χ3n) is 3.47. The zero-order valence-electron chi connectivity index (χ0n) is 14.2. The molecule has 0 fully saturated rings. The average molecular weight is 385 g/mol. The zero-order chi connectivity index (χ0) is 19.2. The standard InChI is InChI=1S/C17H15N5O4S/c1-22-15(21-26-17(22)27)14(11-6-3-2-4-7-11)20-25-10-12-8-5-9-13(18-12)19-16(23)24/h2-9H,10H2,1H3,(H,18,19)(H,23,24). The van der Waals surface area contributed by atoms with E-state index in [4.69, 9.17) is 26.7 Å². The molecule has 0 aliphatic carbocycles. The van der Waals surface area contributed by atoms with Gasteiger partial charge in [0.1, 0.15) is 5.82 Å². The maximum Gasteiger partial charge on any atom is 0.410 e. The van der Waals surface area contributed by atoms with Gasteiger partial charge in [0.15, 0.2) is 12.3 Å². The molecule has 10 heteroatoms. The van der Waals surface area contributed by atoms with Crippen molar-refractivity contribution in [1.82, 2.24) is 14.7 Å². The topological polar surface area (TPSA) is 115 Å². The van der Waals surface area contributed by atoms with Gasteiger partial charge in [-0.1, -0.05) is 46.7 Å². The van der Waals surface area contributed by atoms with Crippen LogP contribution in [0.3, 0.4) is 0 Å². The molecule has 2 aromatic heterocycles. The lowest BCUT2D eigenvalue weighted by molar-refractivity contribution is 0.128. The summed E-state index contributed by atoms with van der Waals surface area (Å²) in [5, 5.41) is 19.1. The Bertz CT molecular complexity index is 1030. The molecule has 0 aliphatic rings. The minimum atomic E-state index is -1.19. The van der Waals surface area contributed by atoms with Crippen LogP contribution in [0.15, 0.2) is 58.2 Å². The average Bonchev–Trinajstić information content (AvgIpc) is 2.98. The maximum absolute atomic E-state index is 10.7. The Morgan fingerprint density at radius 3 is 2.74 bits per heavy atom. The number of pyridine rings is 1. The highest BCUT2D eigenvalue weighted by Crippen LogP contribution is 2.12. The highest BCUT2D eigenvalue weighted by Gasteiger charge is 2.16. The van der Waals surface area contributed by atoms with Gasteiger partial charge in [-0.3, -0.25) is 9.88 Å². The molecule has 1 aromatic carbocycles. The number of hydrogen-bond acceptors (Lipinski definition) is 7. The van der Waals surface area contributed by atoms with E-state index in [9.17, 15) is 4.79 Å². The normalized spacial score (nSPS) is 11.2. The van der Waals surface area contributed by atoms with Crippen molar-refractivity contribution >= 4 is 29.8 Å². The van der Waals surface area contributed by atoms with Crippen LogP contribution < -0.4 is 5.32 Å². The molecule has 0 radical (unpaired) electrons. The Morgan fingerprint density at radius 1 is 1.30 bits per heavy atom. The molecule has 138 valence electrons. The van der Waals surface area contributed by atoms with Gasteiger partial charge in [-0.2, -0.15) is 0 Å². The largest absolute Gasteiger partial charge is 0.465 e. The van der Waals surface area contributed by atoms with Crippen LogP contribution in [-0.4, -0.2) is 31.6 Å². The van der Waals surface area contributed by atoms with Gasteiger partial charge in [0.2, 0.25) is 5.82 Å². The van der Waals surface area contributed by atoms with Crippen molar-refractivity contribution in [3.05, 3.63) is 70.5 Å². The Hall–Kier alpha value is -3.53. The number of amides is 1. The summed E-state index contributed by atoms with van der Waals surface area (Å²) in [6.45, 7) is 0.0355. The molecule has 0 saturated carbocycles. The number of carbonyl (C=O) groups is 1. The molecule has 0 atom stereocenters. The van der Waals surface area contributed by atoms with Crippen molar-refractivity contribution < 1.29 is 19.3 Å². The quantitative estimate of drug-likeness (QED) is 0.380.